The fourth-order valence-electron chi connectivity index (χ4n) is 1.62. The smallest absolute Gasteiger partial charge is 0.275 e. The number of hydrogen-bond donors (Lipinski definition) is 2. The Morgan fingerprint density at radius 1 is 1.71 bits per heavy atom. The van der Waals surface area contributed by atoms with E-state index >= 15 is 0 Å². The second kappa shape index (κ2) is 5.24. The molecule has 2 N–H and O–H groups in total. The monoisotopic (exact) mass is 239 g/mol. The predicted molar refractivity (Wildman–Crippen MR) is 60.6 cm³/mol. The fourth-order valence-corrected chi connectivity index (χ4v) is 1.62. The van der Waals surface area contributed by atoms with Crippen LogP contribution in [0.1, 0.15) is 23.0 Å². The van der Waals surface area contributed by atoms with Crippen molar-refractivity contribution >= 4 is 5.91 Å². The minimum absolute atomic E-state index is 0.0814. The van der Waals surface area contributed by atoms with E-state index < -0.39 is 0 Å². The van der Waals surface area contributed by atoms with Crippen LogP contribution in [-0.2, 0) is 0 Å². The van der Waals surface area contributed by atoms with Gasteiger partial charge in [0.05, 0.1) is 12.2 Å². The number of nitrogens with zero attached hydrogens (tertiary/aromatic N) is 4. The topological polar surface area (TPSA) is 83.3 Å². The van der Waals surface area contributed by atoms with Crippen LogP contribution in [-0.4, -0.2) is 64.2 Å². The second-order valence-corrected chi connectivity index (χ2v) is 4.20. The number of amides is 1. The third-order valence-corrected chi connectivity index (χ3v) is 2.86. The van der Waals surface area contributed by atoms with Crippen LogP contribution in [0.15, 0.2) is 6.20 Å². The lowest BCUT2D eigenvalue weighted by molar-refractivity contribution is 0.0780. The number of carbonyl (C=O) groups is 1. The van der Waals surface area contributed by atoms with E-state index in [-0.39, 0.29) is 12.5 Å². The van der Waals surface area contributed by atoms with E-state index in [1.165, 1.54) is 0 Å². The van der Waals surface area contributed by atoms with Crippen molar-refractivity contribution in [2.75, 3.05) is 33.3 Å². The highest BCUT2D eigenvalue weighted by Gasteiger charge is 2.22. The second-order valence-electron chi connectivity index (χ2n) is 4.20. The summed E-state index contributed by atoms with van der Waals surface area (Å²) in [5.74, 6) is -0.156. The highest BCUT2D eigenvalue weighted by Crippen LogP contribution is 2.10. The molecule has 2 heterocycles. The van der Waals surface area contributed by atoms with Gasteiger partial charge < -0.3 is 15.3 Å². The molecule has 0 unspecified atom stereocenters. The van der Waals surface area contributed by atoms with E-state index in [4.69, 9.17) is 5.11 Å². The highest BCUT2D eigenvalue weighted by atomic mass is 16.3. The van der Waals surface area contributed by atoms with Gasteiger partial charge in [-0.25, -0.2) is 4.68 Å². The molecule has 0 atom stereocenters. The molecule has 0 radical (unpaired) electrons. The summed E-state index contributed by atoms with van der Waals surface area (Å²) in [5, 5.41) is 19.7. The lowest BCUT2D eigenvalue weighted by Gasteiger charge is -2.26. The minimum atomic E-state index is -0.156. The molecule has 1 aliphatic rings. The predicted octanol–water partition coefficient (Wildman–Crippen LogP) is -1.12. The standard InChI is InChI=1S/C10H17N5O2/c1-14(3-2-4-16)10(17)9-7-15(13-12-9)8-5-11-6-8/h7-8,11,16H,2-6H2,1H3. The number of aliphatic hydroxyl groups is 1. The number of nitrogens with one attached hydrogen (secondary N) is 1. The molecule has 0 bridgehead atoms. The van der Waals surface area contributed by atoms with Crippen molar-refractivity contribution in [3.05, 3.63) is 11.9 Å². The Bertz CT molecular complexity index is 388. The third kappa shape index (κ3) is 2.62. The third-order valence-electron chi connectivity index (χ3n) is 2.86. The maximum absolute atomic E-state index is 11.9. The average Bonchev–Trinajstić information content (AvgIpc) is 2.71. The van der Waals surface area contributed by atoms with Gasteiger partial charge >= 0.3 is 0 Å². The van der Waals surface area contributed by atoms with Crippen molar-refractivity contribution in [2.45, 2.75) is 12.5 Å². The van der Waals surface area contributed by atoms with Gasteiger partial charge in [0.25, 0.3) is 5.91 Å². The average molecular weight is 239 g/mol. The van der Waals surface area contributed by atoms with Gasteiger partial charge in [-0.15, -0.1) is 5.10 Å². The summed E-state index contributed by atoms with van der Waals surface area (Å²) in [6.07, 6.45) is 2.26. The van der Waals surface area contributed by atoms with Crippen LogP contribution in [0, 0.1) is 0 Å². The van der Waals surface area contributed by atoms with Gasteiger partial charge in [0.2, 0.25) is 0 Å². The van der Waals surface area contributed by atoms with Gasteiger partial charge in [-0.3, -0.25) is 4.79 Å². The van der Waals surface area contributed by atoms with Crippen molar-refractivity contribution in [1.29, 1.82) is 0 Å². The SMILES string of the molecule is CN(CCCO)C(=O)c1cn(C2CNC2)nn1. The molecule has 94 valence electrons. The summed E-state index contributed by atoms with van der Waals surface area (Å²) in [6.45, 7) is 2.35. The summed E-state index contributed by atoms with van der Waals surface area (Å²) < 4.78 is 1.73. The maximum Gasteiger partial charge on any atom is 0.275 e. The molecule has 1 aromatic heterocycles. The van der Waals surface area contributed by atoms with Crippen LogP contribution in [0.3, 0.4) is 0 Å². The van der Waals surface area contributed by atoms with Gasteiger partial charge in [-0.1, -0.05) is 5.21 Å². The number of aromatic nitrogens is 3. The van der Waals surface area contributed by atoms with E-state index in [9.17, 15) is 4.79 Å². The number of rotatable bonds is 5. The Morgan fingerprint density at radius 2 is 2.47 bits per heavy atom. The zero-order valence-corrected chi connectivity index (χ0v) is 9.83. The first-order chi connectivity index (χ1) is 8.22. The molecule has 0 aliphatic carbocycles. The number of carbonyl (C=O) groups excluding carboxylic acids is 1. The van der Waals surface area contributed by atoms with E-state index in [0.717, 1.165) is 13.1 Å². The van der Waals surface area contributed by atoms with Gasteiger partial charge in [0, 0.05) is 33.3 Å². The zero-order chi connectivity index (χ0) is 12.3. The molecule has 0 aromatic carbocycles. The molecule has 1 fully saturated rings. The maximum atomic E-state index is 11.9. The van der Waals surface area contributed by atoms with E-state index in [0.29, 0.717) is 24.7 Å². The molecule has 7 heteroatoms. The molecule has 7 nitrogen and oxygen atoms in total. The summed E-state index contributed by atoms with van der Waals surface area (Å²) in [7, 11) is 1.70. The van der Waals surface area contributed by atoms with E-state index in [2.05, 4.69) is 15.6 Å². The largest absolute Gasteiger partial charge is 0.396 e. The summed E-state index contributed by atoms with van der Waals surface area (Å²) >= 11 is 0. The van der Waals surface area contributed by atoms with Crippen LogP contribution >= 0.6 is 0 Å². The molecule has 1 aromatic rings. The van der Waals surface area contributed by atoms with Crippen molar-refractivity contribution in [3.63, 3.8) is 0 Å². The first-order valence-corrected chi connectivity index (χ1v) is 5.71. The van der Waals surface area contributed by atoms with Crippen LogP contribution in [0.2, 0.25) is 0 Å². The Hall–Kier alpha value is -1.47. The van der Waals surface area contributed by atoms with Crippen molar-refractivity contribution < 1.29 is 9.90 Å². The lowest BCUT2D eigenvalue weighted by Crippen LogP contribution is -2.43. The van der Waals surface area contributed by atoms with E-state index in [1.54, 1.807) is 22.8 Å². The molecule has 0 saturated carbocycles. The van der Waals surface area contributed by atoms with Crippen molar-refractivity contribution in [1.82, 2.24) is 25.2 Å². The molecule has 1 amide bonds. The first kappa shape index (κ1) is 12.0. The zero-order valence-electron chi connectivity index (χ0n) is 9.83. The molecular weight excluding hydrogens is 222 g/mol. The minimum Gasteiger partial charge on any atom is -0.396 e. The van der Waals surface area contributed by atoms with Crippen LogP contribution in [0.25, 0.3) is 0 Å². The first-order valence-electron chi connectivity index (χ1n) is 5.71. The van der Waals surface area contributed by atoms with Crippen LogP contribution in [0.5, 0.6) is 0 Å². The number of hydrogen-bond acceptors (Lipinski definition) is 5. The molecular formula is C10H17N5O2. The molecule has 1 saturated heterocycles. The Labute approximate surface area is 99.4 Å². The van der Waals surface area contributed by atoms with Gasteiger partial charge in [0.1, 0.15) is 0 Å². The molecule has 0 spiro atoms. The quantitative estimate of drug-likeness (QED) is 0.680. The Morgan fingerprint density at radius 3 is 3.06 bits per heavy atom. The molecule has 17 heavy (non-hydrogen) atoms. The fraction of sp³-hybridized carbons (Fsp3) is 0.700. The molecule has 1 aliphatic heterocycles. The highest BCUT2D eigenvalue weighted by molar-refractivity contribution is 5.91. The van der Waals surface area contributed by atoms with Crippen molar-refractivity contribution in [3.8, 4) is 0 Å². The van der Waals surface area contributed by atoms with Crippen LogP contribution in [0.4, 0.5) is 0 Å². The Balaban J connectivity index is 1.96. The van der Waals surface area contributed by atoms with Gasteiger partial charge in [-0.05, 0) is 6.42 Å². The normalized spacial score (nSPS) is 15.6. The van der Waals surface area contributed by atoms with Gasteiger partial charge in [0.15, 0.2) is 5.69 Å². The number of aliphatic hydroxyl groups excluding tert-OH is 1. The molecule has 2 rings (SSSR count). The summed E-state index contributed by atoms with van der Waals surface area (Å²) in [4.78, 5) is 13.5. The van der Waals surface area contributed by atoms with Crippen LogP contribution < -0.4 is 5.32 Å². The van der Waals surface area contributed by atoms with E-state index in [1.807, 2.05) is 0 Å². The van der Waals surface area contributed by atoms with Crippen molar-refractivity contribution in [2.24, 2.45) is 0 Å². The summed E-state index contributed by atoms with van der Waals surface area (Å²) in [6, 6.07) is 0.312. The Kier molecular flexibility index (Phi) is 3.70. The summed E-state index contributed by atoms with van der Waals surface area (Å²) in [5.41, 5.74) is 0.359. The van der Waals surface area contributed by atoms with Gasteiger partial charge in [-0.2, -0.15) is 0 Å². The lowest BCUT2D eigenvalue weighted by atomic mass is 10.2.